The molecule has 0 radical (unpaired) electrons. The fraction of sp³-hybridized carbons (Fsp3) is 0.214. The summed E-state index contributed by atoms with van der Waals surface area (Å²) in [4.78, 5) is 11.5. The predicted molar refractivity (Wildman–Crippen MR) is 76.2 cm³/mol. The van der Waals surface area contributed by atoms with Crippen LogP contribution in [0.3, 0.4) is 0 Å². The molecule has 6 heteroatoms. The third-order valence-corrected chi connectivity index (χ3v) is 3.45. The van der Waals surface area contributed by atoms with Gasteiger partial charge in [0.25, 0.3) is 0 Å². The minimum atomic E-state index is -0.440. The number of carbonyl (C=O) groups is 1. The van der Waals surface area contributed by atoms with Crippen molar-refractivity contribution < 1.29 is 18.3 Å². The smallest absolute Gasteiger partial charge is 0.341 e. The van der Waals surface area contributed by atoms with E-state index in [-0.39, 0.29) is 5.82 Å². The summed E-state index contributed by atoms with van der Waals surface area (Å²) in [5.41, 5.74) is 1.00. The number of halogens is 2. The average Bonchev–Trinajstić information content (AvgIpc) is 2.80. The molecule has 0 saturated heterocycles. The number of ether oxygens (including phenoxy) is 1. The molecule has 0 atom stereocenters. The second kappa shape index (κ2) is 6.09. The standard InChI is InChI=1S/C14H13BrFNO3/c1-8-11(14(18)19-2)6-10(20-8)7-17-13-5-9(16)3-4-12(13)15/h3-6,17H,7H2,1-2H3. The Morgan fingerprint density at radius 2 is 2.20 bits per heavy atom. The first-order valence-corrected chi connectivity index (χ1v) is 6.67. The number of methoxy groups -OCH3 is 1. The topological polar surface area (TPSA) is 51.5 Å². The minimum absolute atomic E-state index is 0.332. The maximum absolute atomic E-state index is 13.1. The Hall–Kier alpha value is -1.82. The van der Waals surface area contributed by atoms with Gasteiger partial charge < -0.3 is 14.5 Å². The number of hydrogen-bond acceptors (Lipinski definition) is 4. The number of carbonyl (C=O) groups excluding carboxylic acids is 1. The van der Waals surface area contributed by atoms with Crippen LogP contribution in [0, 0.1) is 12.7 Å². The zero-order valence-electron chi connectivity index (χ0n) is 11.0. The molecular weight excluding hydrogens is 329 g/mol. The Bertz CT molecular complexity index is 639. The molecule has 0 bridgehead atoms. The van der Waals surface area contributed by atoms with Gasteiger partial charge in [-0.15, -0.1) is 0 Å². The number of hydrogen-bond donors (Lipinski definition) is 1. The van der Waals surface area contributed by atoms with Crippen molar-refractivity contribution in [2.45, 2.75) is 13.5 Å². The predicted octanol–water partition coefficient (Wildman–Crippen LogP) is 3.89. The molecule has 0 amide bonds. The quantitative estimate of drug-likeness (QED) is 0.857. The van der Waals surface area contributed by atoms with E-state index >= 15 is 0 Å². The first kappa shape index (κ1) is 14.6. The molecule has 4 nitrogen and oxygen atoms in total. The van der Waals surface area contributed by atoms with E-state index in [1.807, 2.05) is 0 Å². The number of anilines is 1. The third kappa shape index (κ3) is 3.19. The minimum Gasteiger partial charge on any atom is -0.465 e. The van der Waals surface area contributed by atoms with Crippen LogP contribution in [0.4, 0.5) is 10.1 Å². The van der Waals surface area contributed by atoms with E-state index in [4.69, 9.17) is 4.42 Å². The molecule has 20 heavy (non-hydrogen) atoms. The van der Waals surface area contributed by atoms with Gasteiger partial charge in [0.05, 0.1) is 19.3 Å². The van der Waals surface area contributed by atoms with Crippen molar-refractivity contribution in [1.29, 1.82) is 0 Å². The van der Waals surface area contributed by atoms with Crippen molar-refractivity contribution in [2.75, 3.05) is 12.4 Å². The zero-order valence-corrected chi connectivity index (χ0v) is 12.6. The van der Waals surface area contributed by atoms with E-state index in [1.54, 1.807) is 19.1 Å². The van der Waals surface area contributed by atoms with Crippen molar-refractivity contribution >= 4 is 27.6 Å². The Balaban J connectivity index is 2.11. The molecule has 2 rings (SSSR count). The highest BCUT2D eigenvalue weighted by molar-refractivity contribution is 9.10. The maximum Gasteiger partial charge on any atom is 0.341 e. The molecule has 0 aliphatic carbocycles. The van der Waals surface area contributed by atoms with Gasteiger partial charge in [-0.05, 0) is 47.1 Å². The molecule has 106 valence electrons. The van der Waals surface area contributed by atoms with Crippen molar-refractivity contribution in [3.63, 3.8) is 0 Å². The fourth-order valence-electron chi connectivity index (χ4n) is 1.76. The molecule has 0 spiro atoms. The number of nitrogens with one attached hydrogen (secondary N) is 1. The Morgan fingerprint density at radius 1 is 1.45 bits per heavy atom. The van der Waals surface area contributed by atoms with Crippen LogP contribution in [0.15, 0.2) is 33.2 Å². The highest BCUT2D eigenvalue weighted by atomic mass is 79.9. The summed E-state index contributed by atoms with van der Waals surface area (Å²) in [6.45, 7) is 2.02. The lowest BCUT2D eigenvalue weighted by Gasteiger charge is -2.06. The molecule has 1 aromatic carbocycles. The molecule has 1 heterocycles. The number of rotatable bonds is 4. The summed E-state index contributed by atoms with van der Waals surface area (Å²) in [7, 11) is 1.32. The Morgan fingerprint density at radius 3 is 2.90 bits per heavy atom. The lowest BCUT2D eigenvalue weighted by Crippen LogP contribution is -2.01. The highest BCUT2D eigenvalue weighted by Gasteiger charge is 2.15. The van der Waals surface area contributed by atoms with E-state index in [2.05, 4.69) is 26.0 Å². The molecule has 0 fully saturated rings. The summed E-state index contributed by atoms with van der Waals surface area (Å²) >= 11 is 3.32. The van der Waals surface area contributed by atoms with Crippen molar-refractivity contribution in [3.05, 3.63) is 51.6 Å². The van der Waals surface area contributed by atoms with Crippen LogP contribution in [-0.4, -0.2) is 13.1 Å². The molecule has 1 N–H and O–H groups in total. The molecule has 0 unspecified atom stereocenters. The number of aryl methyl sites for hydroxylation is 1. The molecule has 0 saturated carbocycles. The number of esters is 1. The van der Waals surface area contributed by atoms with Crippen molar-refractivity contribution in [3.8, 4) is 0 Å². The van der Waals surface area contributed by atoms with Gasteiger partial charge in [-0.2, -0.15) is 0 Å². The van der Waals surface area contributed by atoms with Gasteiger partial charge in [-0.25, -0.2) is 9.18 Å². The number of benzene rings is 1. The summed E-state index contributed by atoms with van der Waals surface area (Å²) in [6.07, 6.45) is 0. The normalized spacial score (nSPS) is 10.4. The lowest BCUT2D eigenvalue weighted by atomic mass is 10.2. The highest BCUT2D eigenvalue weighted by Crippen LogP contribution is 2.24. The summed E-state index contributed by atoms with van der Waals surface area (Å²) in [5, 5.41) is 3.03. The SMILES string of the molecule is COC(=O)c1cc(CNc2cc(F)ccc2Br)oc1C. The van der Waals surface area contributed by atoms with Crippen LogP contribution in [0.25, 0.3) is 0 Å². The monoisotopic (exact) mass is 341 g/mol. The van der Waals surface area contributed by atoms with Crippen LogP contribution in [0.1, 0.15) is 21.9 Å². The van der Waals surface area contributed by atoms with Crippen LogP contribution in [-0.2, 0) is 11.3 Å². The van der Waals surface area contributed by atoms with Gasteiger partial charge in [-0.3, -0.25) is 0 Å². The fourth-order valence-corrected chi connectivity index (χ4v) is 2.15. The van der Waals surface area contributed by atoms with Gasteiger partial charge in [0.2, 0.25) is 0 Å². The Labute approximate surface area is 124 Å². The first-order chi connectivity index (χ1) is 9.51. The van der Waals surface area contributed by atoms with Crippen LogP contribution < -0.4 is 5.32 Å². The van der Waals surface area contributed by atoms with E-state index in [1.165, 1.54) is 19.2 Å². The second-order valence-corrected chi connectivity index (χ2v) is 5.01. The molecular formula is C14H13BrFNO3. The zero-order chi connectivity index (χ0) is 14.7. The lowest BCUT2D eigenvalue weighted by molar-refractivity contribution is 0.0599. The molecule has 0 aliphatic rings. The second-order valence-electron chi connectivity index (χ2n) is 4.15. The molecule has 0 aliphatic heterocycles. The first-order valence-electron chi connectivity index (χ1n) is 5.88. The van der Waals surface area contributed by atoms with E-state index in [0.717, 1.165) is 4.47 Å². The Kier molecular flexibility index (Phi) is 4.44. The largest absolute Gasteiger partial charge is 0.465 e. The number of furan rings is 1. The third-order valence-electron chi connectivity index (χ3n) is 2.76. The van der Waals surface area contributed by atoms with Crippen LogP contribution in [0.5, 0.6) is 0 Å². The summed E-state index contributed by atoms with van der Waals surface area (Å²) in [5.74, 6) is 0.289. The molecule has 1 aromatic heterocycles. The van der Waals surface area contributed by atoms with Crippen LogP contribution in [0.2, 0.25) is 0 Å². The van der Waals surface area contributed by atoms with Crippen molar-refractivity contribution in [1.82, 2.24) is 0 Å². The van der Waals surface area contributed by atoms with E-state index < -0.39 is 5.97 Å². The average molecular weight is 342 g/mol. The van der Waals surface area contributed by atoms with Gasteiger partial charge in [-0.1, -0.05) is 0 Å². The van der Waals surface area contributed by atoms with Crippen LogP contribution >= 0.6 is 15.9 Å². The van der Waals surface area contributed by atoms with E-state index in [9.17, 15) is 9.18 Å². The van der Waals surface area contributed by atoms with E-state index in [0.29, 0.717) is 29.3 Å². The maximum atomic E-state index is 13.1. The van der Waals surface area contributed by atoms with Gasteiger partial charge in [0, 0.05) is 4.47 Å². The summed E-state index contributed by atoms with van der Waals surface area (Å²) in [6, 6.07) is 5.97. The molecule has 2 aromatic rings. The van der Waals surface area contributed by atoms with Crippen molar-refractivity contribution in [2.24, 2.45) is 0 Å². The van der Waals surface area contributed by atoms with Gasteiger partial charge in [0.15, 0.2) is 0 Å². The van der Waals surface area contributed by atoms with Gasteiger partial charge in [0.1, 0.15) is 22.9 Å². The van der Waals surface area contributed by atoms with Gasteiger partial charge >= 0.3 is 5.97 Å². The summed E-state index contributed by atoms with van der Waals surface area (Å²) < 4.78 is 24.0.